The van der Waals surface area contributed by atoms with Gasteiger partial charge in [-0.25, -0.2) is 0 Å². The number of allylic oxidation sites excluding steroid dienone is 2. The topological polar surface area (TPSA) is 91.2 Å². The molecule has 6 nitrogen and oxygen atoms in total. The fraction of sp³-hybridized carbons (Fsp3) is 0.240. The zero-order valence-electron chi connectivity index (χ0n) is 18.4. The molecule has 2 aromatic rings. The number of amides is 1. The lowest BCUT2D eigenvalue weighted by atomic mass is 9.82. The Labute approximate surface area is 202 Å². The van der Waals surface area contributed by atoms with Crippen LogP contribution < -0.4 is 10.6 Å². The van der Waals surface area contributed by atoms with E-state index in [9.17, 15) is 14.9 Å². The smallest absolute Gasteiger partial charge is 0.316 e. The van der Waals surface area contributed by atoms with Crippen LogP contribution in [0.5, 0.6) is 0 Å². The zero-order valence-corrected chi connectivity index (χ0v) is 19.9. The zero-order chi connectivity index (χ0) is 23.8. The van der Waals surface area contributed by atoms with Crippen LogP contribution in [-0.2, 0) is 14.3 Å². The molecule has 8 heteroatoms. The van der Waals surface area contributed by atoms with E-state index >= 15 is 0 Å². The lowest BCUT2D eigenvalue weighted by Gasteiger charge is -2.29. The summed E-state index contributed by atoms with van der Waals surface area (Å²) in [4.78, 5) is 25.4. The molecule has 2 N–H and O–H groups in total. The van der Waals surface area contributed by atoms with E-state index in [0.717, 1.165) is 12.0 Å². The van der Waals surface area contributed by atoms with Gasteiger partial charge >= 0.3 is 5.97 Å². The maximum atomic E-state index is 13.3. The van der Waals surface area contributed by atoms with Gasteiger partial charge in [-0.1, -0.05) is 60.6 Å². The SMILES string of the molecule is CCCOC(=O)CSC1=C(C#N)C(c2ccccc2)C(C(=O)Nc2ccc(Cl)cc2)=C(C)N1. The number of dihydropyridines is 1. The maximum Gasteiger partial charge on any atom is 0.316 e. The first-order chi connectivity index (χ1) is 15.9. The molecule has 1 amide bonds. The summed E-state index contributed by atoms with van der Waals surface area (Å²) in [5.74, 6) is -1.19. The second-order valence-electron chi connectivity index (χ2n) is 7.33. The lowest BCUT2D eigenvalue weighted by Crippen LogP contribution is -2.31. The molecule has 1 unspecified atom stereocenters. The van der Waals surface area contributed by atoms with Crippen molar-refractivity contribution in [2.24, 2.45) is 0 Å². The van der Waals surface area contributed by atoms with E-state index in [4.69, 9.17) is 16.3 Å². The Morgan fingerprint density at radius 1 is 1.18 bits per heavy atom. The number of rotatable bonds is 8. The Morgan fingerprint density at radius 3 is 2.52 bits per heavy atom. The van der Waals surface area contributed by atoms with Crippen LogP contribution in [0.1, 0.15) is 31.7 Å². The normalized spacial score (nSPS) is 15.5. The summed E-state index contributed by atoms with van der Waals surface area (Å²) < 4.78 is 5.14. The van der Waals surface area contributed by atoms with Crippen molar-refractivity contribution in [1.29, 1.82) is 5.26 Å². The fourth-order valence-electron chi connectivity index (χ4n) is 3.43. The standard InChI is InChI=1S/C25H24ClN3O3S/c1-3-13-32-21(30)15-33-25-20(14-27)23(17-7-5-4-6-8-17)22(16(2)28-25)24(31)29-19-11-9-18(26)10-12-19/h4-12,23,28H,3,13,15H2,1-2H3,(H,29,31). The molecule has 0 aliphatic carbocycles. The second kappa shape index (κ2) is 11.6. The summed E-state index contributed by atoms with van der Waals surface area (Å²) in [6.45, 7) is 4.07. The van der Waals surface area contributed by atoms with Crippen LogP contribution in [0.15, 0.2) is 76.5 Å². The predicted molar refractivity (Wildman–Crippen MR) is 131 cm³/mol. The highest BCUT2D eigenvalue weighted by atomic mass is 35.5. The van der Waals surface area contributed by atoms with Crippen molar-refractivity contribution in [3.63, 3.8) is 0 Å². The second-order valence-corrected chi connectivity index (χ2v) is 8.75. The molecule has 2 aromatic carbocycles. The van der Waals surface area contributed by atoms with Gasteiger partial charge in [0, 0.05) is 22.0 Å². The minimum Gasteiger partial charge on any atom is -0.465 e. The van der Waals surface area contributed by atoms with Gasteiger partial charge in [0.05, 0.1) is 34.9 Å². The van der Waals surface area contributed by atoms with E-state index in [0.29, 0.717) is 39.2 Å². The number of carbonyl (C=O) groups excluding carboxylic acids is 2. The molecule has 1 atom stereocenters. The van der Waals surface area contributed by atoms with E-state index < -0.39 is 5.92 Å². The van der Waals surface area contributed by atoms with Crippen molar-refractivity contribution in [2.75, 3.05) is 17.7 Å². The van der Waals surface area contributed by atoms with Gasteiger partial charge in [-0.3, -0.25) is 9.59 Å². The highest BCUT2D eigenvalue weighted by Crippen LogP contribution is 2.40. The molecule has 0 saturated heterocycles. The number of benzene rings is 2. The largest absolute Gasteiger partial charge is 0.465 e. The van der Waals surface area contributed by atoms with Crippen molar-refractivity contribution in [2.45, 2.75) is 26.2 Å². The number of nitrogens with one attached hydrogen (secondary N) is 2. The molecule has 1 aliphatic rings. The summed E-state index contributed by atoms with van der Waals surface area (Å²) in [5.41, 5.74) is 2.83. The van der Waals surface area contributed by atoms with Crippen LogP contribution in [0, 0.1) is 11.3 Å². The van der Waals surface area contributed by atoms with Crippen molar-refractivity contribution in [1.82, 2.24) is 5.32 Å². The number of anilines is 1. The third-order valence-electron chi connectivity index (χ3n) is 4.93. The molecule has 0 fully saturated rings. The van der Waals surface area contributed by atoms with Gasteiger partial charge in [-0.15, -0.1) is 0 Å². The Morgan fingerprint density at radius 2 is 1.88 bits per heavy atom. The van der Waals surface area contributed by atoms with Gasteiger partial charge in [0.25, 0.3) is 5.91 Å². The number of hydrogen-bond acceptors (Lipinski definition) is 6. The Kier molecular flexibility index (Phi) is 8.58. The highest BCUT2D eigenvalue weighted by Gasteiger charge is 2.34. The van der Waals surface area contributed by atoms with Gasteiger partial charge < -0.3 is 15.4 Å². The average molecular weight is 482 g/mol. The third-order valence-corrected chi connectivity index (χ3v) is 6.17. The van der Waals surface area contributed by atoms with Crippen molar-refractivity contribution in [3.8, 4) is 6.07 Å². The maximum absolute atomic E-state index is 13.3. The van der Waals surface area contributed by atoms with Crippen LogP contribution in [0.2, 0.25) is 5.02 Å². The molecule has 3 rings (SSSR count). The van der Waals surface area contributed by atoms with E-state index in [1.165, 1.54) is 11.8 Å². The van der Waals surface area contributed by atoms with Crippen molar-refractivity contribution < 1.29 is 14.3 Å². The van der Waals surface area contributed by atoms with Gasteiger partial charge in [0.1, 0.15) is 0 Å². The number of hydrogen-bond donors (Lipinski definition) is 2. The van der Waals surface area contributed by atoms with Gasteiger partial charge in [-0.05, 0) is 43.2 Å². The third kappa shape index (κ3) is 6.19. The molecule has 1 aliphatic heterocycles. The molecule has 0 bridgehead atoms. The van der Waals surface area contributed by atoms with Crippen LogP contribution in [0.3, 0.4) is 0 Å². The number of halogens is 1. The van der Waals surface area contributed by atoms with Gasteiger partial charge in [-0.2, -0.15) is 5.26 Å². The summed E-state index contributed by atoms with van der Waals surface area (Å²) in [6, 6.07) is 18.5. The molecular weight excluding hydrogens is 458 g/mol. The molecule has 33 heavy (non-hydrogen) atoms. The Balaban J connectivity index is 1.94. The van der Waals surface area contributed by atoms with E-state index in [2.05, 4.69) is 16.7 Å². The fourth-order valence-corrected chi connectivity index (χ4v) is 4.44. The summed E-state index contributed by atoms with van der Waals surface area (Å²) in [7, 11) is 0. The molecule has 0 saturated carbocycles. The van der Waals surface area contributed by atoms with Crippen LogP contribution in [-0.4, -0.2) is 24.2 Å². The Bertz CT molecular complexity index is 1120. The van der Waals surface area contributed by atoms with Crippen LogP contribution in [0.25, 0.3) is 0 Å². The van der Waals surface area contributed by atoms with E-state index in [-0.39, 0.29) is 17.6 Å². The first-order valence-corrected chi connectivity index (χ1v) is 11.8. The van der Waals surface area contributed by atoms with Crippen molar-refractivity contribution >= 4 is 40.9 Å². The molecule has 0 radical (unpaired) electrons. The van der Waals surface area contributed by atoms with E-state index in [1.54, 1.807) is 31.2 Å². The van der Waals surface area contributed by atoms with Crippen LogP contribution in [0.4, 0.5) is 5.69 Å². The molecule has 0 aromatic heterocycles. The summed E-state index contributed by atoms with van der Waals surface area (Å²) in [5, 5.41) is 17.2. The first-order valence-electron chi connectivity index (χ1n) is 10.5. The Hall–Kier alpha value is -3.21. The minimum atomic E-state index is -0.584. The minimum absolute atomic E-state index is 0.0641. The van der Waals surface area contributed by atoms with E-state index in [1.807, 2.05) is 37.3 Å². The quantitative estimate of drug-likeness (QED) is 0.493. The number of carbonyl (C=O) groups is 2. The number of nitriles is 1. The first kappa shape index (κ1) is 24.4. The summed E-state index contributed by atoms with van der Waals surface area (Å²) >= 11 is 7.15. The molecule has 0 spiro atoms. The molecule has 170 valence electrons. The monoisotopic (exact) mass is 481 g/mol. The number of esters is 1. The van der Waals surface area contributed by atoms with Crippen molar-refractivity contribution in [3.05, 3.63) is 87.1 Å². The summed E-state index contributed by atoms with van der Waals surface area (Å²) in [6.07, 6.45) is 0.741. The lowest BCUT2D eigenvalue weighted by molar-refractivity contribution is -0.140. The average Bonchev–Trinajstić information content (AvgIpc) is 2.82. The predicted octanol–water partition coefficient (Wildman–Crippen LogP) is 5.36. The number of nitrogens with zero attached hydrogens (tertiary/aromatic N) is 1. The molecule has 1 heterocycles. The van der Waals surface area contributed by atoms with Crippen LogP contribution >= 0.6 is 23.4 Å². The number of thioether (sulfide) groups is 1. The highest BCUT2D eigenvalue weighted by molar-refractivity contribution is 8.03. The van der Waals surface area contributed by atoms with Gasteiger partial charge in [0.15, 0.2) is 0 Å². The number of ether oxygens (including phenoxy) is 1. The molecular formula is C25H24ClN3O3S. The van der Waals surface area contributed by atoms with Gasteiger partial charge in [0.2, 0.25) is 0 Å².